The Labute approximate surface area is 246 Å². The molecule has 1 aromatic carbocycles. The van der Waals surface area contributed by atoms with Gasteiger partial charge in [0.05, 0.1) is 0 Å². The molecule has 5 aliphatic rings. The SMILES string of the molecule is CC1(C)OC(=O)CC[C@@]2(C)C1CC[C@]1(C)C2C(=O)C=C2[C@@H]3C[C@@](C)(C(=O)Nc4ccccc4)CC[C@]3(C)CC[C@]21C. The summed E-state index contributed by atoms with van der Waals surface area (Å²) in [5.41, 5.74) is 0.514. The highest BCUT2D eigenvalue weighted by Gasteiger charge is 2.69. The lowest BCUT2D eigenvalue weighted by molar-refractivity contribution is -0.188. The second-order valence-corrected chi connectivity index (χ2v) is 16.2. The van der Waals surface area contributed by atoms with E-state index < -0.39 is 11.0 Å². The number of hydrogen-bond donors (Lipinski definition) is 1. The number of anilines is 1. The molecule has 5 heteroatoms. The number of para-hydroxylation sites is 1. The molecule has 5 nitrogen and oxygen atoms in total. The summed E-state index contributed by atoms with van der Waals surface area (Å²) in [6.07, 6.45) is 9.83. The van der Waals surface area contributed by atoms with Crippen LogP contribution in [0, 0.1) is 44.8 Å². The quantitative estimate of drug-likeness (QED) is 0.374. The zero-order valence-corrected chi connectivity index (χ0v) is 26.2. The molecule has 1 amide bonds. The molecule has 1 N–H and O–H groups in total. The van der Waals surface area contributed by atoms with Crippen LogP contribution >= 0.6 is 0 Å². The van der Waals surface area contributed by atoms with Gasteiger partial charge in [-0.25, -0.2) is 0 Å². The number of ketones is 1. The van der Waals surface area contributed by atoms with Gasteiger partial charge in [-0.2, -0.15) is 0 Å². The van der Waals surface area contributed by atoms with Gasteiger partial charge in [0, 0.05) is 29.4 Å². The van der Waals surface area contributed by atoms with E-state index in [0.717, 1.165) is 50.6 Å². The van der Waals surface area contributed by atoms with Crippen LogP contribution < -0.4 is 5.32 Å². The number of nitrogens with one attached hydrogen (secondary N) is 1. The van der Waals surface area contributed by atoms with Crippen molar-refractivity contribution in [3.05, 3.63) is 42.0 Å². The topological polar surface area (TPSA) is 72.5 Å². The molecule has 0 aromatic heterocycles. The third kappa shape index (κ3) is 4.03. The molecule has 1 aliphatic heterocycles. The molecule has 6 rings (SSSR count). The van der Waals surface area contributed by atoms with Crippen LogP contribution in [0.5, 0.6) is 0 Å². The minimum absolute atomic E-state index is 0.0863. The molecule has 0 bridgehead atoms. The van der Waals surface area contributed by atoms with Gasteiger partial charge in [-0.05, 0) is 111 Å². The van der Waals surface area contributed by atoms with Crippen LogP contribution in [0.25, 0.3) is 0 Å². The minimum atomic E-state index is -0.586. The predicted molar refractivity (Wildman–Crippen MR) is 161 cm³/mol. The lowest BCUT2D eigenvalue weighted by Gasteiger charge is -2.68. The Hall–Kier alpha value is -2.43. The average molecular weight is 560 g/mol. The van der Waals surface area contributed by atoms with Gasteiger partial charge in [0.25, 0.3) is 0 Å². The summed E-state index contributed by atoms with van der Waals surface area (Å²) in [5, 5.41) is 3.19. The lowest BCUT2D eigenvalue weighted by atomic mass is 9.35. The number of esters is 1. The van der Waals surface area contributed by atoms with Crippen molar-refractivity contribution < 1.29 is 19.1 Å². The van der Waals surface area contributed by atoms with Gasteiger partial charge in [-0.3, -0.25) is 14.4 Å². The van der Waals surface area contributed by atoms with Gasteiger partial charge in [0.2, 0.25) is 5.91 Å². The Balaban J connectivity index is 1.39. The summed E-state index contributed by atoms with van der Waals surface area (Å²) < 4.78 is 5.98. The first-order valence-electron chi connectivity index (χ1n) is 15.9. The molecular formula is C36H49NO4. The standard InChI is InChI=1S/C36H49NO4/c1-31(2)27-13-16-36(7)29(34(27,5)15-14-28(39)41-31)26(38)21-24-25-22-33(4,30(40)37-23-11-9-8-10-12-23)18-17-32(25,3)19-20-35(24,36)6/h8-12,21,25,27,29H,13-20,22H2,1-7H3,(H,37,40)/t25-,27?,29?,32+,33-,34-,35+,36+/m0/s1. The molecule has 1 saturated heterocycles. The Morgan fingerprint density at radius 3 is 2.27 bits per heavy atom. The van der Waals surface area contributed by atoms with Gasteiger partial charge < -0.3 is 10.1 Å². The van der Waals surface area contributed by atoms with Crippen LogP contribution in [-0.2, 0) is 19.1 Å². The zero-order chi connectivity index (χ0) is 29.6. The number of cyclic esters (lactones) is 1. The van der Waals surface area contributed by atoms with Gasteiger partial charge in [0.15, 0.2) is 5.78 Å². The molecule has 2 unspecified atom stereocenters. The Kier molecular flexibility index (Phi) is 6.32. The number of carbonyl (C=O) groups excluding carboxylic acids is 3. The van der Waals surface area contributed by atoms with Crippen molar-refractivity contribution in [2.24, 2.45) is 44.8 Å². The monoisotopic (exact) mass is 559 g/mol. The van der Waals surface area contributed by atoms with Crippen molar-refractivity contribution >= 4 is 23.3 Å². The first kappa shape index (κ1) is 28.7. The number of amides is 1. The van der Waals surface area contributed by atoms with E-state index in [1.807, 2.05) is 50.3 Å². The molecule has 0 spiro atoms. The van der Waals surface area contributed by atoms with Gasteiger partial charge in [-0.15, -0.1) is 0 Å². The zero-order valence-electron chi connectivity index (χ0n) is 26.2. The number of allylic oxidation sites excluding steroid dienone is 2. The number of fused-ring (bicyclic) bond motifs is 7. The van der Waals surface area contributed by atoms with E-state index in [-0.39, 0.29) is 57.1 Å². The molecule has 222 valence electrons. The normalized spacial score (nSPS) is 45.0. The van der Waals surface area contributed by atoms with E-state index in [2.05, 4.69) is 39.9 Å². The highest BCUT2D eigenvalue weighted by Crippen LogP contribution is 2.74. The summed E-state index contributed by atoms with van der Waals surface area (Å²) in [5.74, 6) is 0.393. The molecule has 0 radical (unpaired) electrons. The Morgan fingerprint density at radius 1 is 0.878 bits per heavy atom. The van der Waals surface area contributed by atoms with E-state index in [1.54, 1.807) is 0 Å². The average Bonchev–Trinajstić information content (AvgIpc) is 2.99. The Bertz CT molecular complexity index is 1320. The molecule has 4 fully saturated rings. The maximum Gasteiger partial charge on any atom is 0.306 e. The molecule has 3 saturated carbocycles. The summed E-state index contributed by atoms with van der Waals surface area (Å²) in [6.45, 7) is 15.7. The first-order chi connectivity index (χ1) is 19.1. The van der Waals surface area contributed by atoms with Crippen molar-refractivity contribution in [3.8, 4) is 0 Å². The first-order valence-corrected chi connectivity index (χ1v) is 15.9. The predicted octanol–water partition coefficient (Wildman–Crippen LogP) is 7.90. The number of ether oxygens (including phenoxy) is 1. The number of benzene rings is 1. The fourth-order valence-electron chi connectivity index (χ4n) is 10.8. The van der Waals surface area contributed by atoms with Crippen LogP contribution in [0.1, 0.15) is 106 Å². The summed E-state index contributed by atoms with van der Waals surface area (Å²) in [6, 6.07) is 9.75. The van der Waals surface area contributed by atoms with E-state index in [0.29, 0.717) is 12.8 Å². The summed E-state index contributed by atoms with van der Waals surface area (Å²) >= 11 is 0. The lowest BCUT2D eigenvalue weighted by Crippen LogP contribution is -2.65. The number of rotatable bonds is 2. The highest BCUT2D eigenvalue weighted by atomic mass is 16.6. The van der Waals surface area contributed by atoms with Gasteiger partial charge >= 0.3 is 5.97 Å². The van der Waals surface area contributed by atoms with Crippen molar-refractivity contribution in [3.63, 3.8) is 0 Å². The molecular weight excluding hydrogens is 510 g/mol. The fourth-order valence-corrected chi connectivity index (χ4v) is 10.8. The van der Waals surface area contributed by atoms with Crippen LogP contribution in [0.4, 0.5) is 5.69 Å². The third-order valence-electron chi connectivity index (χ3n) is 13.5. The maximum absolute atomic E-state index is 14.5. The summed E-state index contributed by atoms with van der Waals surface area (Å²) in [4.78, 5) is 40.9. The Morgan fingerprint density at radius 2 is 1.56 bits per heavy atom. The minimum Gasteiger partial charge on any atom is -0.459 e. The van der Waals surface area contributed by atoms with E-state index in [4.69, 9.17) is 4.74 Å². The van der Waals surface area contributed by atoms with Crippen LogP contribution in [0.3, 0.4) is 0 Å². The highest BCUT2D eigenvalue weighted by molar-refractivity contribution is 5.97. The second-order valence-electron chi connectivity index (χ2n) is 16.2. The van der Waals surface area contributed by atoms with Crippen LogP contribution in [0.15, 0.2) is 42.0 Å². The maximum atomic E-state index is 14.5. The largest absolute Gasteiger partial charge is 0.459 e. The molecule has 41 heavy (non-hydrogen) atoms. The number of carbonyl (C=O) groups is 3. The van der Waals surface area contributed by atoms with Crippen molar-refractivity contribution in [1.29, 1.82) is 0 Å². The molecule has 4 aliphatic carbocycles. The van der Waals surface area contributed by atoms with Crippen LogP contribution in [-0.4, -0.2) is 23.3 Å². The van der Waals surface area contributed by atoms with Crippen LogP contribution in [0.2, 0.25) is 0 Å². The summed E-state index contributed by atoms with van der Waals surface area (Å²) in [7, 11) is 0. The molecule has 1 heterocycles. The second kappa shape index (κ2) is 9.04. The van der Waals surface area contributed by atoms with Crippen molar-refractivity contribution in [1.82, 2.24) is 0 Å². The molecule has 1 aromatic rings. The van der Waals surface area contributed by atoms with E-state index in [1.165, 1.54) is 5.57 Å². The van der Waals surface area contributed by atoms with Gasteiger partial charge in [-0.1, -0.05) is 58.4 Å². The molecule has 8 atom stereocenters. The number of hydrogen-bond acceptors (Lipinski definition) is 4. The fraction of sp³-hybridized carbons (Fsp3) is 0.694. The van der Waals surface area contributed by atoms with Crippen molar-refractivity contribution in [2.45, 2.75) is 112 Å². The van der Waals surface area contributed by atoms with E-state index >= 15 is 0 Å². The van der Waals surface area contributed by atoms with E-state index in [9.17, 15) is 14.4 Å². The van der Waals surface area contributed by atoms with Gasteiger partial charge in [0.1, 0.15) is 5.60 Å². The third-order valence-corrected chi connectivity index (χ3v) is 13.5. The smallest absolute Gasteiger partial charge is 0.306 e. The van der Waals surface area contributed by atoms with Crippen molar-refractivity contribution in [2.75, 3.05) is 5.32 Å².